The molecule has 0 aliphatic rings. The van der Waals surface area contributed by atoms with Gasteiger partial charge in [0.15, 0.2) is 0 Å². The lowest BCUT2D eigenvalue weighted by atomic mass is 10.2. The minimum absolute atomic E-state index is 0.964. The van der Waals surface area contributed by atoms with Gasteiger partial charge in [0.2, 0.25) is 0 Å². The first-order chi connectivity index (χ1) is 8.42. The summed E-state index contributed by atoms with van der Waals surface area (Å²) in [6.45, 7) is 0. The molecule has 0 amide bonds. The van der Waals surface area contributed by atoms with E-state index in [1.807, 2.05) is 42.5 Å². The van der Waals surface area contributed by atoms with E-state index >= 15 is 0 Å². The first-order valence-corrected chi connectivity index (χ1v) is 5.59. The standard InChI is InChI=1S/C15H12N2/c1-2-7-15-12(5-1)11-14(17-15)9-8-13-6-3-4-10-16-13/h1-11,17H/b9-8+. The summed E-state index contributed by atoms with van der Waals surface area (Å²) in [6, 6.07) is 16.3. The van der Waals surface area contributed by atoms with Gasteiger partial charge >= 0.3 is 0 Å². The summed E-state index contributed by atoms with van der Waals surface area (Å²) in [7, 11) is 0. The van der Waals surface area contributed by atoms with Gasteiger partial charge in [0, 0.05) is 17.4 Å². The number of para-hydroxylation sites is 1. The van der Waals surface area contributed by atoms with Crippen LogP contribution in [0.4, 0.5) is 0 Å². The Labute approximate surface area is 99.6 Å². The molecular weight excluding hydrogens is 208 g/mol. The van der Waals surface area contributed by atoms with Gasteiger partial charge in [0.1, 0.15) is 0 Å². The SMILES string of the molecule is C(=C\c1cc2ccccc2[nH]1)/c1ccccn1. The topological polar surface area (TPSA) is 28.7 Å². The molecule has 0 aliphatic heterocycles. The molecule has 0 fully saturated rings. The Morgan fingerprint density at radius 1 is 0.941 bits per heavy atom. The zero-order chi connectivity index (χ0) is 11.5. The van der Waals surface area contributed by atoms with Crippen molar-refractivity contribution < 1.29 is 0 Å². The molecule has 2 aromatic heterocycles. The second-order valence-corrected chi connectivity index (χ2v) is 3.90. The second-order valence-electron chi connectivity index (χ2n) is 3.90. The van der Waals surface area contributed by atoms with Crippen LogP contribution in [0.3, 0.4) is 0 Å². The van der Waals surface area contributed by atoms with Crippen molar-refractivity contribution in [2.75, 3.05) is 0 Å². The quantitative estimate of drug-likeness (QED) is 0.700. The molecule has 0 unspecified atom stereocenters. The molecule has 2 heterocycles. The van der Waals surface area contributed by atoms with Gasteiger partial charge in [0.05, 0.1) is 5.69 Å². The number of pyridine rings is 1. The Balaban J connectivity index is 1.92. The zero-order valence-corrected chi connectivity index (χ0v) is 9.30. The molecule has 0 aliphatic carbocycles. The summed E-state index contributed by atoms with van der Waals surface area (Å²) in [6.07, 6.45) is 5.85. The molecule has 2 heteroatoms. The summed E-state index contributed by atoms with van der Waals surface area (Å²) in [5, 5.41) is 1.23. The van der Waals surface area contributed by atoms with E-state index in [2.05, 4.69) is 28.2 Å². The smallest absolute Gasteiger partial charge is 0.0630 e. The van der Waals surface area contributed by atoms with Gasteiger partial charge in [-0.2, -0.15) is 0 Å². The van der Waals surface area contributed by atoms with Crippen LogP contribution in [0.5, 0.6) is 0 Å². The maximum absolute atomic E-state index is 4.25. The van der Waals surface area contributed by atoms with Crippen molar-refractivity contribution in [1.82, 2.24) is 9.97 Å². The molecule has 0 saturated heterocycles. The Bertz CT molecular complexity index is 618. The maximum Gasteiger partial charge on any atom is 0.0630 e. The summed E-state index contributed by atoms with van der Waals surface area (Å²) in [4.78, 5) is 7.60. The number of benzene rings is 1. The van der Waals surface area contributed by atoms with Gasteiger partial charge in [-0.15, -0.1) is 0 Å². The van der Waals surface area contributed by atoms with Crippen molar-refractivity contribution in [2.45, 2.75) is 0 Å². The van der Waals surface area contributed by atoms with Crippen LogP contribution in [-0.2, 0) is 0 Å². The van der Waals surface area contributed by atoms with Crippen LogP contribution >= 0.6 is 0 Å². The number of aromatic nitrogens is 2. The van der Waals surface area contributed by atoms with Crippen molar-refractivity contribution in [3.8, 4) is 0 Å². The zero-order valence-electron chi connectivity index (χ0n) is 9.30. The fraction of sp³-hybridized carbons (Fsp3) is 0. The van der Waals surface area contributed by atoms with Gasteiger partial charge < -0.3 is 4.98 Å². The highest BCUT2D eigenvalue weighted by Crippen LogP contribution is 2.16. The third-order valence-corrected chi connectivity index (χ3v) is 2.67. The van der Waals surface area contributed by atoms with E-state index in [4.69, 9.17) is 0 Å². The molecule has 0 bridgehead atoms. The number of hydrogen-bond donors (Lipinski definition) is 1. The molecular formula is C15H12N2. The van der Waals surface area contributed by atoms with Crippen molar-refractivity contribution in [3.63, 3.8) is 0 Å². The minimum Gasteiger partial charge on any atom is -0.355 e. The van der Waals surface area contributed by atoms with Gasteiger partial charge in [-0.05, 0) is 41.8 Å². The van der Waals surface area contributed by atoms with Crippen molar-refractivity contribution >= 4 is 23.1 Å². The van der Waals surface area contributed by atoms with Crippen LogP contribution in [0.2, 0.25) is 0 Å². The molecule has 2 nitrogen and oxygen atoms in total. The Kier molecular flexibility index (Phi) is 2.47. The van der Waals surface area contributed by atoms with Crippen molar-refractivity contribution in [2.24, 2.45) is 0 Å². The molecule has 0 saturated carbocycles. The van der Waals surface area contributed by atoms with E-state index in [0.717, 1.165) is 16.9 Å². The minimum atomic E-state index is 0.964. The molecule has 0 spiro atoms. The fourth-order valence-electron chi connectivity index (χ4n) is 1.84. The highest BCUT2D eigenvalue weighted by atomic mass is 14.7. The van der Waals surface area contributed by atoms with Gasteiger partial charge in [-0.25, -0.2) is 0 Å². The molecule has 3 aromatic rings. The summed E-state index contributed by atoms with van der Waals surface area (Å²) in [5.74, 6) is 0. The highest BCUT2D eigenvalue weighted by Gasteiger charge is 1.95. The molecule has 1 N–H and O–H groups in total. The monoisotopic (exact) mass is 220 g/mol. The van der Waals surface area contributed by atoms with E-state index in [1.165, 1.54) is 5.39 Å². The summed E-state index contributed by atoms with van der Waals surface area (Å²) in [5.41, 5.74) is 3.22. The molecule has 0 radical (unpaired) electrons. The lowest BCUT2D eigenvalue weighted by Gasteiger charge is -1.89. The van der Waals surface area contributed by atoms with Gasteiger partial charge in [0.25, 0.3) is 0 Å². The fourth-order valence-corrected chi connectivity index (χ4v) is 1.84. The van der Waals surface area contributed by atoms with E-state index in [9.17, 15) is 0 Å². The molecule has 3 rings (SSSR count). The number of hydrogen-bond acceptors (Lipinski definition) is 1. The first kappa shape index (κ1) is 9.85. The number of nitrogens with zero attached hydrogens (tertiary/aromatic N) is 1. The average Bonchev–Trinajstić information content (AvgIpc) is 2.80. The number of aromatic amines is 1. The Morgan fingerprint density at radius 2 is 1.82 bits per heavy atom. The van der Waals surface area contributed by atoms with E-state index < -0.39 is 0 Å². The van der Waals surface area contributed by atoms with E-state index in [1.54, 1.807) is 6.20 Å². The van der Waals surface area contributed by atoms with E-state index in [0.29, 0.717) is 0 Å². The van der Waals surface area contributed by atoms with Crippen LogP contribution in [0.1, 0.15) is 11.4 Å². The third-order valence-electron chi connectivity index (χ3n) is 2.67. The van der Waals surface area contributed by atoms with Crippen LogP contribution in [0.15, 0.2) is 54.7 Å². The predicted molar refractivity (Wildman–Crippen MR) is 71.5 cm³/mol. The largest absolute Gasteiger partial charge is 0.355 e. The van der Waals surface area contributed by atoms with E-state index in [-0.39, 0.29) is 0 Å². The average molecular weight is 220 g/mol. The normalized spacial score (nSPS) is 11.3. The first-order valence-electron chi connectivity index (χ1n) is 5.59. The number of fused-ring (bicyclic) bond motifs is 1. The van der Waals surface area contributed by atoms with Crippen LogP contribution in [0.25, 0.3) is 23.1 Å². The van der Waals surface area contributed by atoms with Gasteiger partial charge in [-0.3, -0.25) is 4.98 Å². The molecule has 82 valence electrons. The molecule has 0 atom stereocenters. The van der Waals surface area contributed by atoms with Crippen molar-refractivity contribution in [3.05, 3.63) is 66.1 Å². The summed E-state index contributed by atoms with van der Waals surface area (Å²) >= 11 is 0. The number of rotatable bonds is 2. The summed E-state index contributed by atoms with van der Waals surface area (Å²) < 4.78 is 0. The van der Waals surface area contributed by atoms with Crippen LogP contribution < -0.4 is 0 Å². The van der Waals surface area contributed by atoms with Gasteiger partial charge in [-0.1, -0.05) is 24.3 Å². The van der Waals surface area contributed by atoms with Crippen molar-refractivity contribution in [1.29, 1.82) is 0 Å². The second kappa shape index (κ2) is 4.26. The highest BCUT2D eigenvalue weighted by molar-refractivity contribution is 5.84. The van der Waals surface area contributed by atoms with Crippen LogP contribution in [-0.4, -0.2) is 9.97 Å². The Morgan fingerprint density at radius 3 is 2.65 bits per heavy atom. The number of H-pyrrole nitrogens is 1. The lowest BCUT2D eigenvalue weighted by molar-refractivity contribution is 1.30. The number of nitrogens with one attached hydrogen (secondary N) is 1. The lowest BCUT2D eigenvalue weighted by Crippen LogP contribution is -1.76. The predicted octanol–water partition coefficient (Wildman–Crippen LogP) is 3.73. The Hall–Kier alpha value is -2.35. The van der Waals surface area contributed by atoms with Crippen LogP contribution in [0, 0.1) is 0 Å². The third kappa shape index (κ3) is 2.11. The maximum atomic E-state index is 4.25. The molecule has 1 aromatic carbocycles. The molecule has 17 heavy (non-hydrogen) atoms.